The quantitative estimate of drug-likeness (QED) is 0.850. The second kappa shape index (κ2) is 5.61. The average molecular weight is 313 g/mol. The third kappa shape index (κ3) is 3.01. The molecule has 8 heteroatoms. The number of carbonyl (C=O) groups is 1. The Kier molecular flexibility index (Phi) is 4.20. The van der Waals surface area contributed by atoms with Gasteiger partial charge in [-0.3, -0.25) is 4.79 Å². The van der Waals surface area contributed by atoms with Gasteiger partial charge in [-0.15, -0.1) is 0 Å². The molecule has 7 nitrogen and oxygen atoms in total. The summed E-state index contributed by atoms with van der Waals surface area (Å²) in [5.41, 5.74) is 0. The van der Waals surface area contributed by atoms with E-state index in [1.807, 2.05) is 4.90 Å². The van der Waals surface area contributed by atoms with E-state index < -0.39 is 16.0 Å². The van der Waals surface area contributed by atoms with Gasteiger partial charge >= 0.3 is 5.97 Å². The highest BCUT2D eigenvalue weighted by atomic mass is 32.2. The molecule has 0 amide bonds. The number of pyridine rings is 1. The highest BCUT2D eigenvalue weighted by molar-refractivity contribution is 7.89. The number of aliphatic carboxylic acids is 1. The van der Waals surface area contributed by atoms with Crippen LogP contribution in [0.3, 0.4) is 0 Å². The van der Waals surface area contributed by atoms with Crippen LogP contribution in [0.1, 0.15) is 6.92 Å². The molecule has 0 saturated carbocycles. The van der Waals surface area contributed by atoms with Gasteiger partial charge in [-0.25, -0.2) is 17.7 Å². The van der Waals surface area contributed by atoms with Crippen molar-refractivity contribution >= 4 is 21.8 Å². The zero-order chi connectivity index (χ0) is 15.8. The molecular weight excluding hydrogens is 294 g/mol. The first-order valence-corrected chi connectivity index (χ1v) is 8.04. The maximum atomic E-state index is 11.9. The Morgan fingerprint density at radius 1 is 1.43 bits per heavy atom. The second-order valence-corrected chi connectivity index (χ2v) is 7.58. The lowest BCUT2D eigenvalue weighted by Gasteiger charge is -2.42. The summed E-state index contributed by atoms with van der Waals surface area (Å²) in [7, 11) is -0.531. The van der Waals surface area contributed by atoms with Gasteiger partial charge in [0.2, 0.25) is 10.0 Å². The van der Waals surface area contributed by atoms with Crippen molar-refractivity contribution in [2.24, 2.45) is 11.8 Å². The van der Waals surface area contributed by atoms with Gasteiger partial charge in [0.1, 0.15) is 10.7 Å². The predicted octanol–water partition coefficient (Wildman–Crippen LogP) is 0.489. The van der Waals surface area contributed by atoms with E-state index in [0.29, 0.717) is 18.9 Å². The summed E-state index contributed by atoms with van der Waals surface area (Å²) in [4.78, 5) is 17.1. The van der Waals surface area contributed by atoms with Crippen LogP contribution in [0.5, 0.6) is 0 Å². The molecule has 1 saturated heterocycles. The fraction of sp³-hybridized carbons (Fsp3) is 0.538. The number of rotatable bonds is 5. The largest absolute Gasteiger partial charge is 0.481 e. The van der Waals surface area contributed by atoms with E-state index in [2.05, 4.69) is 4.98 Å². The highest BCUT2D eigenvalue weighted by Gasteiger charge is 2.35. The number of anilines is 1. The highest BCUT2D eigenvalue weighted by Crippen LogP contribution is 2.28. The molecule has 2 heterocycles. The van der Waals surface area contributed by atoms with E-state index in [9.17, 15) is 13.2 Å². The molecule has 0 spiro atoms. The van der Waals surface area contributed by atoms with E-state index in [4.69, 9.17) is 5.11 Å². The Bertz CT molecular complexity index is 621. The van der Waals surface area contributed by atoms with Crippen molar-refractivity contribution < 1.29 is 18.3 Å². The summed E-state index contributed by atoms with van der Waals surface area (Å²) in [5.74, 6) is -0.397. The minimum Gasteiger partial charge on any atom is -0.481 e. The third-order valence-corrected chi connectivity index (χ3v) is 5.63. The van der Waals surface area contributed by atoms with Crippen LogP contribution in [0.2, 0.25) is 0 Å². The summed E-state index contributed by atoms with van der Waals surface area (Å²) in [6.45, 7) is 2.95. The first kappa shape index (κ1) is 15.7. The number of hydrogen-bond acceptors (Lipinski definition) is 5. The van der Waals surface area contributed by atoms with Gasteiger partial charge in [0.05, 0.1) is 5.92 Å². The molecule has 1 aromatic heterocycles. The maximum absolute atomic E-state index is 11.9. The number of carboxylic acid groups (broad SMARTS) is 1. The Morgan fingerprint density at radius 2 is 2.05 bits per heavy atom. The molecule has 1 atom stereocenters. The smallest absolute Gasteiger partial charge is 0.306 e. The fourth-order valence-corrected chi connectivity index (χ4v) is 2.99. The van der Waals surface area contributed by atoms with Gasteiger partial charge in [0.25, 0.3) is 0 Å². The molecule has 116 valence electrons. The van der Waals surface area contributed by atoms with Crippen LogP contribution in [-0.2, 0) is 14.8 Å². The van der Waals surface area contributed by atoms with E-state index >= 15 is 0 Å². The molecule has 1 aromatic rings. The van der Waals surface area contributed by atoms with Gasteiger partial charge in [-0.2, -0.15) is 0 Å². The van der Waals surface area contributed by atoms with Gasteiger partial charge in [-0.05, 0) is 12.1 Å². The molecule has 1 N–H and O–H groups in total. The van der Waals surface area contributed by atoms with Crippen LogP contribution >= 0.6 is 0 Å². The summed E-state index contributed by atoms with van der Waals surface area (Å²) >= 11 is 0. The Balaban J connectivity index is 2.04. The van der Waals surface area contributed by atoms with Gasteiger partial charge < -0.3 is 10.0 Å². The zero-order valence-electron chi connectivity index (χ0n) is 12.2. The molecular formula is C13H19N3O4S. The van der Waals surface area contributed by atoms with Gasteiger partial charge in [0, 0.05) is 39.3 Å². The van der Waals surface area contributed by atoms with E-state index in [1.54, 1.807) is 13.0 Å². The average Bonchev–Trinajstić information content (AvgIpc) is 2.37. The minimum absolute atomic E-state index is 0.106. The summed E-state index contributed by atoms with van der Waals surface area (Å²) < 4.78 is 25.0. The lowest BCUT2D eigenvalue weighted by Crippen LogP contribution is -2.51. The Hall–Kier alpha value is -1.67. The molecule has 2 rings (SSSR count). The monoisotopic (exact) mass is 313 g/mol. The van der Waals surface area contributed by atoms with Gasteiger partial charge in [0.15, 0.2) is 0 Å². The Morgan fingerprint density at radius 3 is 2.48 bits per heavy atom. The number of nitrogens with zero attached hydrogens (tertiary/aromatic N) is 3. The van der Waals surface area contributed by atoms with Crippen molar-refractivity contribution in [3.8, 4) is 0 Å². The molecule has 1 aliphatic rings. The topological polar surface area (TPSA) is 90.8 Å². The number of sulfonamides is 1. The molecule has 1 unspecified atom stereocenters. The maximum Gasteiger partial charge on any atom is 0.306 e. The van der Waals surface area contributed by atoms with Crippen molar-refractivity contribution in [3.63, 3.8) is 0 Å². The Labute approximate surface area is 124 Å². The standard InChI is InChI=1S/C13H19N3O4S/c1-9(13(17)18)10-7-16(8-10)12-5-4-11(6-14-12)21(19,20)15(2)3/h4-6,9-10H,7-8H2,1-3H3,(H,17,18). The van der Waals surface area contributed by atoms with Crippen molar-refractivity contribution in [1.29, 1.82) is 0 Å². The van der Waals surface area contributed by atoms with Crippen LogP contribution in [0.25, 0.3) is 0 Å². The van der Waals surface area contributed by atoms with Crippen LogP contribution in [0.4, 0.5) is 5.82 Å². The van der Waals surface area contributed by atoms with E-state index in [-0.39, 0.29) is 16.7 Å². The lowest BCUT2D eigenvalue weighted by atomic mass is 9.87. The molecule has 0 aliphatic carbocycles. The van der Waals surface area contributed by atoms with Crippen molar-refractivity contribution in [2.45, 2.75) is 11.8 Å². The lowest BCUT2D eigenvalue weighted by molar-refractivity contribution is -0.143. The summed E-state index contributed by atoms with van der Waals surface area (Å²) in [5, 5.41) is 8.95. The van der Waals surface area contributed by atoms with Crippen molar-refractivity contribution in [1.82, 2.24) is 9.29 Å². The first-order chi connectivity index (χ1) is 9.73. The van der Waals surface area contributed by atoms with Crippen molar-refractivity contribution in [3.05, 3.63) is 18.3 Å². The zero-order valence-corrected chi connectivity index (χ0v) is 13.0. The number of aromatic nitrogens is 1. The SMILES string of the molecule is CC(C(=O)O)C1CN(c2ccc(S(=O)(=O)N(C)C)cn2)C1. The van der Waals surface area contributed by atoms with Gasteiger partial charge in [-0.1, -0.05) is 6.92 Å². The summed E-state index contributed by atoms with van der Waals surface area (Å²) in [6.07, 6.45) is 1.33. The van der Waals surface area contributed by atoms with Crippen LogP contribution in [0, 0.1) is 11.8 Å². The number of carboxylic acids is 1. The molecule has 1 fully saturated rings. The molecule has 1 aliphatic heterocycles. The fourth-order valence-electron chi connectivity index (χ4n) is 2.14. The molecule has 21 heavy (non-hydrogen) atoms. The van der Waals surface area contributed by atoms with Crippen LogP contribution < -0.4 is 4.90 Å². The normalized spacial score (nSPS) is 17.6. The van der Waals surface area contributed by atoms with E-state index in [1.165, 1.54) is 26.4 Å². The van der Waals surface area contributed by atoms with Crippen molar-refractivity contribution in [2.75, 3.05) is 32.1 Å². The number of hydrogen-bond donors (Lipinski definition) is 1. The first-order valence-electron chi connectivity index (χ1n) is 6.60. The molecule has 0 radical (unpaired) electrons. The van der Waals surface area contributed by atoms with Crippen LogP contribution in [0.15, 0.2) is 23.2 Å². The molecule has 0 bridgehead atoms. The second-order valence-electron chi connectivity index (χ2n) is 5.43. The van der Waals surface area contributed by atoms with Crippen LogP contribution in [-0.4, -0.2) is 56.0 Å². The van der Waals surface area contributed by atoms with E-state index in [0.717, 1.165) is 4.31 Å². The minimum atomic E-state index is -3.47. The third-order valence-electron chi connectivity index (χ3n) is 3.83. The summed E-state index contributed by atoms with van der Waals surface area (Å²) in [6, 6.07) is 3.17. The molecule has 0 aromatic carbocycles. The predicted molar refractivity (Wildman–Crippen MR) is 77.6 cm³/mol.